The van der Waals surface area contributed by atoms with Crippen molar-refractivity contribution >= 4 is 11.9 Å². The molecule has 3 N–H and O–H groups in total. The van der Waals surface area contributed by atoms with E-state index in [1.807, 2.05) is 27.7 Å². The van der Waals surface area contributed by atoms with Crippen molar-refractivity contribution in [3.8, 4) is 11.9 Å². The molecule has 0 aliphatic rings. The van der Waals surface area contributed by atoms with Crippen LogP contribution in [0.3, 0.4) is 0 Å². The van der Waals surface area contributed by atoms with E-state index in [9.17, 15) is 4.79 Å². The molecule has 0 radical (unpaired) electrons. The number of nitrogens with zero attached hydrogens (tertiary/aromatic N) is 4. The van der Waals surface area contributed by atoms with E-state index in [0.717, 1.165) is 0 Å². The summed E-state index contributed by atoms with van der Waals surface area (Å²) in [4.78, 5) is 23.6. The smallest absolute Gasteiger partial charge is 0.330 e. The maximum atomic E-state index is 11.0. The van der Waals surface area contributed by atoms with E-state index in [-0.39, 0.29) is 29.5 Å². The van der Waals surface area contributed by atoms with Crippen molar-refractivity contribution in [1.82, 2.24) is 25.1 Å². The third-order valence-corrected chi connectivity index (χ3v) is 2.30. The van der Waals surface area contributed by atoms with Gasteiger partial charge in [0.05, 0.1) is 0 Å². The Bertz CT molecular complexity index is 636. The van der Waals surface area contributed by atoms with E-state index in [4.69, 9.17) is 4.74 Å². The molecular formula is C13H19N7O2. The zero-order chi connectivity index (χ0) is 16.1. The van der Waals surface area contributed by atoms with Gasteiger partial charge in [-0.15, -0.1) is 5.10 Å². The first kappa shape index (κ1) is 15.7. The number of aromatic nitrogens is 5. The molecule has 2 aromatic rings. The lowest BCUT2D eigenvalue weighted by Crippen LogP contribution is -2.17. The van der Waals surface area contributed by atoms with Crippen molar-refractivity contribution < 1.29 is 4.74 Å². The van der Waals surface area contributed by atoms with Crippen LogP contribution in [0.2, 0.25) is 0 Å². The van der Waals surface area contributed by atoms with E-state index in [0.29, 0.717) is 11.9 Å². The van der Waals surface area contributed by atoms with Crippen LogP contribution in [0.4, 0.5) is 11.9 Å². The number of nitrogens with one attached hydrogen (secondary N) is 3. The van der Waals surface area contributed by atoms with Crippen LogP contribution in [0.25, 0.3) is 0 Å². The second-order valence-electron chi connectivity index (χ2n) is 5.22. The lowest BCUT2D eigenvalue weighted by molar-refractivity contribution is 0.417. The molecule has 0 saturated heterocycles. The van der Waals surface area contributed by atoms with Crippen molar-refractivity contribution in [3.63, 3.8) is 0 Å². The standard InChI is InChI=1S/C13H19N7O2/c1-7(2)14-11-16-12(15-8(3)4)18-13(17-11)22-10-6-5-9(21)19-20-10/h5-8H,1-4H3,(H,19,21)(H2,14,15,16,17,18). The summed E-state index contributed by atoms with van der Waals surface area (Å²) >= 11 is 0. The number of anilines is 2. The van der Waals surface area contributed by atoms with Gasteiger partial charge in [-0.3, -0.25) is 4.79 Å². The SMILES string of the molecule is CC(C)Nc1nc(NC(C)C)nc(Oc2ccc(=O)[nH]n2)n1. The first-order valence-corrected chi connectivity index (χ1v) is 6.95. The quantitative estimate of drug-likeness (QED) is 0.732. The predicted molar refractivity (Wildman–Crippen MR) is 82.3 cm³/mol. The second-order valence-corrected chi connectivity index (χ2v) is 5.22. The normalized spacial score (nSPS) is 10.8. The second kappa shape index (κ2) is 6.83. The maximum absolute atomic E-state index is 11.0. The fourth-order valence-corrected chi connectivity index (χ4v) is 1.53. The van der Waals surface area contributed by atoms with Gasteiger partial charge in [0.2, 0.25) is 17.8 Å². The Hall–Kier alpha value is -2.71. The summed E-state index contributed by atoms with van der Waals surface area (Å²) in [6.45, 7) is 7.90. The molecule has 0 saturated carbocycles. The van der Waals surface area contributed by atoms with Gasteiger partial charge in [-0.1, -0.05) is 0 Å². The van der Waals surface area contributed by atoms with Gasteiger partial charge in [-0.2, -0.15) is 15.0 Å². The lowest BCUT2D eigenvalue weighted by atomic mass is 10.4. The van der Waals surface area contributed by atoms with Crippen molar-refractivity contribution in [2.75, 3.05) is 10.6 Å². The van der Waals surface area contributed by atoms with E-state index >= 15 is 0 Å². The van der Waals surface area contributed by atoms with Crippen molar-refractivity contribution in [2.24, 2.45) is 0 Å². The molecule has 0 atom stereocenters. The minimum absolute atomic E-state index is 0.0841. The van der Waals surface area contributed by atoms with Gasteiger partial charge in [0.25, 0.3) is 5.56 Å². The first-order chi connectivity index (χ1) is 10.4. The number of hydrogen-bond acceptors (Lipinski definition) is 8. The van der Waals surface area contributed by atoms with Crippen LogP contribution in [0.15, 0.2) is 16.9 Å². The van der Waals surface area contributed by atoms with E-state index in [2.05, 4.69) is 35.8 Å². The Morgan fingerprint density at radius 1 is 1.00 bits per heavy atom. The summed E-state index contributed by atoms with van der Waals surface area (Å²) < 4.78 is 5.45. The zero-order valence-corrected chi connectivity index (χ0v) is 12.9. The first-order valence-electron chi connectivity index (χ1n) is 6.95. The summed E-state index contributed by atoms with van der Waals surface area (Å²) in [6, 6.07) is 3.15. The monoisotopic (exact) mass is 305 g/mol. The molecule has 2 aromatic heterocycles. The van der Waals surface area contributed by atoms with Gasteiger partial charge in [0.15, 0.2) is 0 Å². The van der Waals surface area contributed by atoms with Gasteiger partial charge in [-0.05, 0) is 27.7 Å². The van der Waals surface area contributed by atoms with Gasteiger partial charge in [0.1, 0.15) is 0 Å². The molecule has 2 rings (SSSR count). The molecular weight excluding hydrogens is 286 g/mol. The molecule has 0 fully saturated rings. The molecule has 0 aromatic carbocycles. The van der Waals surface area contributed by atoms with Crippen LogP contribution < -0.4 is 20.9 Å². The van der Waals surface area contributed by atoms with Crippen LogP contribution in [0.1, 0.15) is 27.7 Å². The maximum Gasteiger partial charge on any atom is 0.330 e. The molecule has 0 aliphatic heterocycles. The Balaban J connectivity index is 2.27. The Morgan fingerprint density at radius 3 is 2.05 bits per heavy atom. The molecule has 2 heterocycles. The van der Waals surface area contributed by atoms with Crippen LogP contribution in [-0.4, -0.2) is 37.2 Å². The highest BCUT2D eigenvalue weighted by Gasteiger charge is 2.11. The third kappa shape index (κ3) is 4.69. The van der Waals surface area contributed by atoms with Gasteiger partial charge < -0.3 is 15.4 Å². The van der Waals surface area contributed by atoms with E-state index in [1.54, 1.807) is 0 Å². The molecule has 0 bridgehead atoms. The summed E-state index contributed by atoms with van der Waals surface area (Å²) in [5, 5.41) is 12.2. The van der Waals surface area contributed by atoms with Gasteiger partial charge in [-0.25, -0.2) is 5.10 Å². The predicted octanol–water partition coefficient (Wildman–Crippen LogP) is 1.39. The van der Waals surface area contributed by atoms with Crippen molar-refractivity contribution in [2.45, 2.75) is 39.8 Å². The van der Waals surface area contributed by atoms with Crippen molar-refractivity contribution in [1.29, 1.82) is 0 Å². The number of rotatable bonds is 6. The Labute approximate surface area is 127 Å². The average molecular weight is 305 g/mol. The fraction of sp³-hybridized carbons (Fsp3) is 0.462. The minimum atomic E-state index is -0.313. The summed E-state index contributed by atoms with van der Waals surface area (Å²) in [7, 11) is 0. The zero-order valence-electron chi connectivity index (χ0n) is 12.9. The molecule has 0 aliphatic carbocycles. The number of H-pyrrole nitrogens is 1. The van der Waals surface area contributed by atoms with Crippen LogP contribution in [0, 0.1) is 0 Å². The van der Waals surface area contributed by atoms with E-state index in [1.165, 1.54) is 12.1 Å². The third-order valence-electron chi connectivity index (χ3n) is 2.30. The largest absolute Gasteiger partial charge is 0.403 e. The molecule has 0 amide bonds. The number of aromatic amines is 1. The molecule has 0 unspecified atom stereocenters. The van der Waals surface area contributed by atoms with Crippen LogP contribution in [0.5, 0.6) is 11.9 Å². The summed E-state index contributed by atoms with van der Waals surface area (Å²) in [6.07, 6.45) is 0. The molecule has 0 spiro atoms. The van der Waals surface area contributed by atoms with Crippen LogP contribution >= 0.6 is 0 Å². The molecule has 9 nitrogen and oxygen atoms in total. The number of ether oxygens (including phenoxy) is 1. The highest BCUT2D eigenvalue weighted by molar-refractivity contribution is 5.37. The molecule has 118 valence electrons. The summed E-state index contributed by atoms with van der Waals surface area (Å²) in [5.41, 5.74) is -0.313. The summed E-state index contributed by atoms with van der Waals surface area (Å²) in [5.74, 6) is 0.983. The Morgan fingerprint density at radius 2 is 1.59 bits per heavy atom. The van der Waals surface area contributed by atoms with E-state index < -0.39 is 0 Å². The molecule has 22 heavy (non-hydrogen) atoms. The van der Waals surface area contributed by atoms with Crippen LogP contribution in [-0.2, 0) is 0 Å². The van der Waals surface area contributed by atoms with Gasteiger partial charge in [0, 0.05) is 24.2 Å². The highest BCUT2D eigenvalue weighted by atomic mass is 16.5. The number of hydrogen-bond donors (Lipinski definition) is 3. The lowest BCUT2D eigenvalue weighted by Gasteiger charge is -2.13. The topological polar surface area (TPSA) is 118 Å². The Kier molecular flexibility index (Phi) is 4.87. The molecule has 9 heteroatoms. The van der Waals surface area contributed by atoms with Gasteiger partial charge >= 0.3 is 6.01 Å². The van der Waals surface area contributed by atoms with Crippen molar-refractivity contribution in [3.05, 3.63) is 22.5 Å². The highest BCUT2D eigenvalue weighted by Crippen LogP contribution is 2.17. The minimum Gasteiger partial charge on any atom is -0.403 e. The fourth-order valence-electron chi connectivity index (χ4n) is 1.53. The average Bonchev–Trinajstić information content (AvgIpc) is 2.39.